The minimum atomic E-state index is -0.441. The van der Waals surface area contributed by atoms with E-state index in [0.29, 0.717) is 17.2 Å². The molecule has 0 radical (unpaired) electrons. The molecule has 0 fully saturated rings. The molecule has 3 rings (SSSR count). The smallest absolute Gasteiger partial charge is 0.269 e. The maximum Gasteiger partial charge on any atom is 0.269 e. The number of nitrogen functional groups attached to an aromatic ring is 1. The first-order valence-electron chi connectivity index (χ1n) is 5.51. The summed E-state index contributed by atoms with van der Waals surface area (Å²) in [6.45, 7) is 0. The van der Waals surface area contributed by atoms with Crippen LogP contribution in [0.3, 0.4) is 0 Å². The van der Waals surface area contributed by atoms with Crippen molar-refractivity contribution in [1.29, 1.82) is 0 Å². The van der Waals surface area contributed by atoms with Crippen molar-refractivity contribution in [1.82, 2.24) is 14.6 Å². The van der Waals surface area contributed by atoms with Crippen molar-refractivity contribution in [2.45, 2.75) is 0 Å². The number of nitrogens with zero attached hydrogens (tertiary/aromatic N) is 4. The minimum Gasteiger partial charge on any atom is -0.396 e. The molecule has 2 N–H and O–H groups in total. The van der Waals surface area contributed by atoms with Crippen LogP contribution in [0.25, 0.3) is 17.0 Å². The Labute approximate surface area is 107 Å². The Kier molecular flexibility index (Phi) is 2.38. The molecule has 0 amide bonds. The summed E-state index contributed by atoms with van der Waals surface area (Å²) in [7, 11) is 0. The SMILES string of the molecule is Nc1cccn2c(-c3ccc([N+](=O)[O-])cc3)nnc12. The third-order valence-corrected chi connectivity index (χ3v) is 2.80. The van der Waals surface area contributed by atoms with Crippen LogP contribution >= 0.6 is 0 Å². The number of hydrogen-bond donors (Lipinski definition) is 1. The van der Waals surface area contributed by atoms with E-state index in [1.165, 1.54) is 12.1 Å². The van der Waals surface area contributed by atoms with Crippen LogP contribution in [0, 0.1) is 10.1 Å². The van der Waals surface area contributed by atoms with Crippen molar-refractivity contribution in [2.24, 2.45) is 0 Å². The highest BCUT2D eigenvalue weighted by molar-refractivity contribution is 5.69. The summed E-state index contributed by atoms with van der Waals surface area (Å²) in [6, 6.07) is 9.67. The number of nitrogens with two attached hydrogens (primary N) is 1. The molecule has 0 aliphatic rings. The zero-order valence-corrected chi connectivity index (χ0v) is 9.72. The molecule has 2 aromatic heterocycles. The number of fused-ring (bicyclic) bond motifs is 1. The number of rotatable bonds is 2. The highest BCUT2D eigenvalue weighted by atomic mass is 16.6. The lowest BCUT2D eigenvalue weighted by Gasteiger charge is -2.00. The molecule has 3 aromatic rings. The van der Waals surface area contributed by atoms with E-state index in [1.54, 1.807) is 34.9 Å². The lowest BCUT2D eigenvalue weighted by Crippen LogP contribution is -1.93. The molecule has 0 bridgehead atoms. The molecule has 7 nitrogen and oxygen atoms in total. The van der Waals surface area contributed by atoms with Gasteiger partial charge in [-0.2, -0.15) is 0 Å². The third-order valence-electron chi connectivity index (χ3n) is 2.80. The molecule has 19 heavy (non-hydrogen) atoms. The van der Waals surface area contributed by atoms with Crippen molar-refractivity contribution in [2.75, 3.05) is 5.73 Å². The molecule has 7 heteroatoms. The van der Waals surface area contributed by atoms with Gasteiger partial charge in [0.2, 0.25) is 0 Å². The van der Waals surface area contributed by atoms with Crippen LogP contribution in [0.4, 0.5) is 11.4 Å². The van der Waals surface area contributed by atoms with E-state index in [-0.39, 0.29) is 5.69 Å². The van der Waals surface area contributed by atoms with E-state index in [4.69, 9.17) is 5.73 Å². The Morgan fingerprint density at radius 1 is 1.16 bits per heavy atom. The van der Waals surface area contributed by atoms with E-state index in [9.17, 15) is 10.1 Å². The van der Waals surface area contributed by atoms with E-state index in [1.807, 2.05) is 0 Å². The Morgan fingerprint density at radius 2 is 1.89 bits per heavy atom. The molecular weight excluding hydrogens is 246 g/mol. The third kappa shape index (κ3) is 1.77. The lowest BCUT2D eigenvalue weighted by atomic mass is 10.2. The van der Waals surface area contributed by atoms with Gasteiger partial charge < -0.3 is 5.73 Å². The van der Waals surface area contributed by atoms with E-state index in [2.05, 4.69) is 10.2 Å². The molecule has 2 heterocycles. The molecule has 0 aliphatic heterocycles. The van der Waals surface area contributed by atoms with Crippen LogP contribution in [-0.2, 0) is 0 Å². The molecular formula is C12H9N5O2. The summed E-state index contributed by atoms with van der Waals surface area (Å²) in [5.74, 6) is 0.595. The second-order valence-corrected chi connectivity index (χ2v) is 3.98. The molecule has 0 atom stereocenters. The van der Waals surface area contributed by atoms with Crippen LogP contribution in [0.15, 0.2) is 42.6 Å². The fraction of sp³-hybridized carbons (Fsp3) is 0. The van der Waals surface area contributed by atoms with Crippen molar-refractivity contribution in [3.63, 3.8) is 0 Å². The largest absolute Gasteiger partial charge is 0.396 e. The monoisotopic (exact) mass is 255 g/mol. The minimum absolute atomic E-state index is 0.0390. The maximum absolute atomic E-state index is 10.6. The van der Waals surface area contributed by atoms with Gasteiger partial charge in [-0.3, -0.25) is 14.5 Å². The number of aromatic nitrogens is 3. The van der Waals surface area contributed by atoms with Gasteiger partial charge in [0.05, 0.1) is 10.6 Å². The number of nitro groups is 1. The number of pyridine rings is 1. The summed E-state index contributed by atoms with van der Waals surface area (Å²) < 4.78 is 1.75. The van der Waals surface area contributed by atoms with Gasteiger partial charge in [0.15, 0.2) is 11.5 Å². The highest BCUT2D eigenvalue weighted by Crippen LogP contribution is 2.23. The van der Waals surface area contributed by atoms with Crippen molar-refractivity contribution in [3.05, 3.63) is 52.7 Å². The van der Waals surface area contributed by atoms with E-state index in [0.717, 1.165) is 5.56 Å². The number of hydrogen-bond acceptors (Lipinski definition) is 5. The van der Waals surface area contributed by atoms with Gasteiger partial charge >= 0.3 is 0 Å². The number of nitro benzene ring substituents is 1. The topological polar surface area (TPSA) is 99.3 Å². The fourth-order valence-electron chi connectivity index (χ4n) is 1.87. The summed E-state index contributed by atoms with van der Waals surface area (Å²) in [6.07, 6.45) is 1.79. The molecule has 94 valence electrons. The van der Waals surface area contributed by atoms with E-state index < -0.39 is 4.92 Å². The Morgan fingerprint density at radius 3 is 2.58 bits per heavy atom. The highest BCUT2D eigenvalue weighted by Gasteiger charge is 2.11. The van der Waals surface area contributed by atoms with Crippen LogP contribution in [0.5, 0.6) is 0 Å². The van der Waals surface area contributed by atoms with Crippen molar-refractivity contribution < 1.29 is 4.92 Å². The second kappa shape index (κ2) is 4.05. The Bertz CT molecular complexity index is 763. The normalized spacial score (nSPS) is 10.7. The Balaban J connectivity index is 2.14. The zero-order valence-electron chi connectivity index (χ0n) is 9.72. The van der Waals surface area contributed by atoms with Gasteiger partial charge in [0, 0.05) is 23.9 Å². The summed E-state index contributed by atoms with van der Waals surface area (Å²) in [5, 5.41) is 18.7. The average molecular weight is 255 g/mol. The maximum atomic E-state index is 10.6. The standard InChI is InChI=1S/C12H9N5O2/c13-10-2-1-7-16-11(14-15-12(10)16)8-3-5-9(6-4-8)17(18)19/h1-7H,13H2. The second-order valence-electron chi connectivity index (χ2n) is 3.98. The Hall–Kier alpha value is -2.96. The summed E-state index contributed by atoms with van der Waals surface area (Å²) in [4.78, 5) is 10.2. The van der Waals surface area contributed by atoms with Gasteiger partial charge in [-0.15, -0.1) is 10.2 Å². The van der Waals surface area contributed by atoms with Gasteiger partial charge in [-0.05, 0) is 24.3 Å². The van der Waals surface area contributed by atoms with Gasteiger partial charge in [-0.1, -0.05) is 0 Å². The number of anilines is 1. The van der Waals surface area contributed by atoms with Gasteiger partial charge in [0.1, 0.15) is 0 Å². The summed E-state index contributed by atoms with van der Waals surface area (Å²) >= 11 is 0. The van der Waals surface area contributed by atoms with Crippen molar-refractivity contribution >= 4 is 17.0 Å². The summed E-state index contributed by atoms with van der Waals surface area (Å²) in [5.41, 5.74) is 7.67. The number of non-ortho nitro benzene ring substituents is 1. The average Bonchev–Trinajstić information content (AvgIpc) is 2.84. The van der Waals surface area contributed by atoms with Crippen LogP contribution in [-0.4, -0.2) is 19.5 Å². The van der Waals surface area contributed by atoms with Crippen molar-refractivity contribution in [3.8, 4) is 11.4 Å². The first-order chi connectivity index (χ1) is 9.16. The van der Waals surface area contributed by atoms with Crippen LogP contribution in [0.1, 0.15) is 0 Å². The predicted molar refractivity (Wildman–Crippen MR) is 69.5 cm³/mol. The predicted octanol–water partition coefficient (Wildman–Crippen LogP) is 1.89. The first kappa shape index (κ1) is 11.1. The molecule has 0 unspecified atom stereocenters. The molecule has 0 saturated heterocycles. The fourth-order valence-corrected chi connectivity index (χ4v) is 1.87. The first-order valence-corrected chi connectivity index (χ1v) is 5.51. The molecule has 0 spiro atoms. The molecule has 1 aromatic carbocycles. The van der Waals surface area contributed by atoms with Crippen LogP contribution in [0.2, 0.25) is 0 Å². The number of benzene rings is 1. The van der Waals surface area contributed by atoms with Gasteiger partial charge in [-0.25, -0.2) is 0 Å². The molecule has 0 aliphatic carbocycles. The zero-order chi connectivity index (χ0) is 13.4. The van der Waals surface area contributed by atoms with Crippen LogP contribution < -0.4 is 5.73 Å². The van der Waals surface area contributed by atoms with E-state index >= 15 is 0 Å². The molecule has 0 saturated carbocycles. The lowest BCUT2D eigenvalue weighted by molar-refractivity contribution is -0.384. The van der Waals surface area contributed by atoms with Gasteiger partial charge in [0.25, 0.3) is 5.69 Å². The quantitative estimate of drug-likeness (QED) is 0.556.